The van der Waals surface area contributed by atoms with E-state index < -0.39 is 5.60 Å². The number of benzene rings is 1. The average molecular weight is 355 g/mol. The van der Waals surface area contributed by atoms with Crippen LogP contribution in [0.5, 0.6) is 0 Å². The van der Waals surface area contributed by atoms with Gasteiger partial charge in [-0.05, 0) is 38.2 Å². The minimum absolute atomic E-state index is 0.173. The molecule has 0 radical (unpaired) electrons. The molecule has 26 heavy (non-hydrogen) atoms. The minimum Gasteiger partial charge on any atom is -0.386 e. The zero-order valence-corrected chi connectivity index (χ0v) is 15.2. The fourth-order valence-corrected chi connectivity index (χ4v) is 3.12. The van der Waals surface area contributed by atoms with Gasteiger partial charge in [-0.15, -0.1) is 0 Å². The molecule has 1 aromatic carbocycles. The third-order valence-electron chi connectivity index (χ3n) is 4.50. The second-order valence-electron chi connectivity index (χ2n) is 7.08. The largest absolute Gasteiger partial charge is 0.386 e. The molecule has 2 heterocycles. The molecule has 1 fully saturated rings. The quantitative estimate of drug-likeness (QED) is 0.802. The summed E-state index contributed by atoms with van der Waals surface area (Å²) in [6, 6.07) is 7.54. The van der Waals surface area contributed by atoms with Gasteiger partial charge >= 0.3 is 0 Å². The molecular formula is C19H25N5O2. The average Bonchev–Trinajstić information content (AvgIpc) is 3.03. The van der Waals surface area contributed by atoms with Gasteiger partial charge in [0, 0.05) is 44.1 Å². The van der Waals surface area contributed by atoms with Gasteiger partial charge in [0.25, 0.3) is 5.91 Å². The van der Waals surface area contributed by atoms with Crippen LogP contribution in [-0.2, 0) is 6.54 Å². The molecule has 1 unspecified atom stereocenters. The van der Waals surface area contributed by atoms with Crippen LogP contribution in [-0.4, -0.2) is 65.2 Å². The van der Waals surface area contributed by atoms with E-state index in [0.29, 0.717) is 25.1 Å². The summed E-state index contributed by atoms with van der Waals surface area (Å²) in [6.45, 7) is 2.15. The van der Waals surface area contributed by atoms with E-state index >= 15 is 0 Å². The topological polar surface area (TPSA) is 81.6 Å². The molecule has 0 bridgehead atoms. The van der Waals surface area contributed by atoms with E-state index in [1.165, 1.54) is 0 Å². The first-order valence-electron chi connectivity index (χ1n) is 8.70. The smallest absolute Gasteiger partial charge is 0.251 e. The van der Waals surface area contributed by atoms with Crippen LogP contribution in [0.4, 0.5) is 5.82 Å². The van der Waals surface area contributed by atoms with Crippen molar-refractivity contribution in [1.29, 1.82) is 0 Å². The fourth-order valence-electron chi connectivity index (χ4n) is 3.12. The van der Waals surface area contributed by atoms with Crippen molar-refractivity contribution in [2.75, 3.05) is 38.6 Å². The second-order valence-corrected chi connectivity index (χ2v) is 7.08. The van der Waals surface area contributed by atoms with Crippen molar-refractivity contribution < 1.29 is 9.90 Å². The summed E-state index contributed by atoms with van der Waals surface area (Å²) in [5.74, 6) is 0.569. The number of carbonyl (C=O) groups is 1. The third-order valence-corrected chi connectivity index (χ3v) is 4.50. The summed E-state index contributed by atoms with van der Waals surface area (Å²) in [7, 11) is 4.01. The highest BCUT2D eigenvalue weighted by atomic mass is 16.3. The number of β-amino-alcohol motifs (C(OH)–C–C–N with tert-alkyl or cyclic N) is 1. The molecule has 1 aliphatic rings. The molecule has 1 amide bonds. The van der Waals surface area contributed by atoms with Crippen LogP contribution in [0.1, 0.15) is 22.3 Å². The van der Waals surface area contributed by atoms with Crippen LogP contribution in [0.15, 0.2) is 42.9 Å². The first kappa shape index (κ1) is 18.3. The van der Waals surface area contributed by atoms with Crippen molar-refractivity contribution in [3.8, 4) is 0 Å². The predicted octanol–water partition coefficient (Wildman–Crippen LogP) is 0.909. The van der Waals surface area contributed by atoms with Crippen LogP contribution in [0.25, 0.3) is 0 Å². The Morgan fingerprint density at radius 3 is 2.73 bits per heavy atom. The van der Waals surface area contributed by atoms with Gasteiger partial charge in [0.1, 0.15) is 11.4 Å². The number of anilines is 1. The number of hydrogen-bond acceptors (Lipinski definition) is 6. The second kappa shape index (κ2) is 7.80. The van der Waals surface area contributed by atoms with Crippen molar-refractivity contribution >= 4 is 11.7 Å². The van der Waals surface area contributed by atoms with Crippen LogP contribution < -0.4 is 10.2 Å². The van der Waals surface area contributed by atoms with Crippen molar-refractivity contribution in [2.45, 2.75) is 18.6 Å². The number of carbonyl (C=O) groups excluding carboxylic acids is 1. The lowest BCUT2D eigenvalue weighted by molar-refractivity contribution is 0.0575. The summed E-state index contributed by atoms with van der Waals surface area (Å²) >= 11 is 0. The number of nitrogens with one attached hydrogen (secondary N) is 1. The van der Waals surface area contributed by atoms with Gasteiger partial charge in [0.15, 0.2) is 0 Å². The first-order valence-corrected chi connectivity index (χ1v) is 8.70. The van der Waals surface area contributed by atoms with Crippen LogP contribution in [0.3, 0.4) is 0 Å². The molecule has 1 saturated heterocycles. The third kappa shape index (κ3) is 4.56. The molecular weight excluding hydrogens is 330 g/mol. The molecule has 7 nitrogen and oxygen atoms in total. The normalized spacial score (nSPS) is 19.8. The maximum Gasteiger partial charge on any atom is 0.251 e. The number of aliphatic hydroxyl groups is 1. The van der Waals surface area contributed by atoms with Gasteiger partial charge < -0.3 is 20.2 Å². The Bertz CT molecular complexity index is 735. The van der Waals surface area contributed by atoms with Crippen molar-refractivity contribution in [3.63, 3.8) is 0 Å². The van der Waals surface area contributed by atoms with E-state index in [1.807, 2.05) is 43.3 Å². The molecule has 1 atom stereocenters. The van der Waals surface area contributed by atoms with Gasteiger partial charge in [-0.1, -0.05) is 12.1 Å². The highest BCUT2D eigenvalue weighted by Crippen LogP contribution is 2.24. The van der Waals surface area contributed by atoms with E-state index in [9.17, 15) is 9.90 Å². The summed E-state index contributed by atoms with van der Waals surface area (Å²) in [4.78, 5) is 24.7. The number of hydrogen-bond donors (Lipinski definition) is 2. The Kier molecular flexibility index (Phi) is 5.49. The number of aromatic nitrogens is 2. The Balaban J connectivity index is 1.54. The standard InChI is InChI=1S/C19H25N5O2/c1-23(2)12-15-3-5-16(6-4-15)18(25)22-13-19(26)7-10-24(14-19)17-11-20-8-9-21-17/h3-6,8-9,11,26H,7,10,12-14H2,1-2H3,(H,22,25). The Morgan fingerprint density at radius 2 is 2.08 bits per heavy atom. The molecule has 2 N–H and O–H groups in total. The monoisotopic (exact) mass is 355 g/mol. The molecule has 1 aromatic heterocycles. The maximum atomic E-state index is 12.4. The predicted molar refractivity (Wildman–Crippen MR) is 100.0 cm³/mol. The van der Waals surface area contributed by atoms with Crippen molar-refractivity contribution in [2.24, 2.45) is 0 Å². The lowest BCUT2D eigenvalue weighted by atomic mass is 10.0. The lowest BCUT2D eigenvalue weighted by Gasteiger charge is -2.24. The van der Waals surface area contributed by atoms with E-state index in [2.05, 4.69) is 20.2 Å². The summed E-state index contributed by atoms with van der Waals surface area (Å²) in [5, 5.41) is 13.6. The molecule has 0 aliphatic carbocycles. The molecule has 0 spiro atoms. The zero-order valence-electron chi connectivity index (χ0n) is 15.2. The summed E-state index contributed by atoms with van der Waals surface area (Å²) in [6.07, 6.45) is 5.51. The minimum atomic E-state index is -0.960. The Morgan fingerprint density at radius 1 is 1.31 bits per heavy atom. The summed E-state index contributed by atoms with van der Waals surface area (Å²) < 4.78 is 0. The van der Waals surface area contributed by atoms with E-state index in [0.717, 1.165) is 17.9 Å². The Hall–Kier alpha value is -2.51. The molecule has 0 saturated carbocycles. The fraction of sp³-hybridized carbons (Fsp3) is 0.421. The van der Waals surface area contributed by atoms with Gasteiger partial charge in [-0.3, -0.25) is 9.78 Å². The lowest BCUT2D eigenvalue weighted by Crippen LogP contribution is -2.45. The molecule has 7 heteroatoms. The van der Waals surface area contributed by atoms with Crippen LogP contribution >= 0.6 is 0 Å². The number of amides is 1. The van der Waals surface area contributed by atoms with Crippen molar-refractivity contribution in [3.05, 3.63) is 54.0 Å². The molecule has 138 valence electrons. The first-order chi connectivity index (χ1) is 12.5. The van der Waals surface area contributed by atoms with Gasteiger partial charge in [-0.2, -0.15) is 0 Å². The number of rotatable bonds is 6. The van der Waals surface area contributed by atoms with Gasteiger partial charge in [0.05, 0.1) is 6.20 Å². The van der Waals surface area contributed by atoms with E-state index in [4.69, 9.17) is 0 Å². The molecule has 1 aliphatic heterocycles. The molecule has 3 rings (SSSR count). The highest BCUT2D eigenvalue weighted by Gasteiger charge is 2.37. The number of nitrogens with zero attached hydrogens (tertiary/aromatic N) is 4. The Labute approximate surface area is 153 Å². The van der Waals surface area contributed by atoms with E-state index in [-0.39, 0.29) is 12.5 Å². The zero-order chi connectivity index (χ0) is 18.6. The van der Waals surface area contributed by atoms with Gasteiger partial charge in [0.2, 0.25) is 0 Å². The highest BCUT2D eigenvalue weighted by molar-refractivity contribution is 5.94. The SMILES string of the molecule is CN(C)Cc1ccc(C(=O)NCC2(O)CCN(c3cnccn3)C2)cc1. The van der Waals surface area contributed by atoms with Crippen LogP contribution in [0, 0.1) is 0 Å². The van der Waals surface area contributed by atoms with Crippen LogP contribution in [0.2, 0.25) is 0 Å². The van der Waals surface area contributed by atoms with Crippen molar-refractivity contribution in [1.82, 2.24) is 20.2 Å². The van der Waals surface area contributed by atoms with Gasteiger partial charge in [-0.25, -0.2) is 4.98 Å². The maximum absolute atomic E-state index is 12.4. The molecule has 2 aromatic rings. The summed E-state index contributed by atoms with van der Waals surface area (Å²) in [5.41, 5.74) is 0.790. The van der Waals surface area contributed by atoms with E-state index in [1.54, 1.807) is 18.6 Å².